The molecule has 3 fully saturated rings. The van der Waals surface area contributed by atoms with Crippen LogP contribution in [0.3, 0.4) is 0 Å². The molecule has 3 saturated carbocycles. The Morgan fingerprint density at radius 3 is 2.56 bits per heavy atom. The van der Waals surface area contributed by atoms with E-state index in [4.69, 9.17) is 0 Å². The summed E-state index contributed by atoms with van der Waals surface area (Å²) < 4.78 is 31.8. The largest absolute Gasteiger partial charge is 0.481 e. The van der Waals surface area contributed by atoms with Gasteiger partial charge < -0.3 is 10.2 Å². The van der Waals surface area contributed by atoms with Crippen LogP contribution in [0.5, 0.6) is 0 Å². The monoisotopic (exact) mass is 380 g/mol. The second-order valence-corrected chi connectivity index (χ2v) is 9.48. The molecule has 0 heterocycles. The maximum atomic E-state index is 16.7. The van der Waals surface area contributed by atoms with Gasteiger partial charge in [0.05, 0.1) is 12.0 Å². The molecule has 6 heteroatoms. The fraction of sp³-hybridized carbons (Fsp3) is 0.714. The molecule has 4 aliphatic carbocycles. The minimum atomic E-state index is -2.13. The Morgan fingerprint density at radius 1 is 1.26 bits per heavy atom. The van der Waals surface area contributed by atoms with Crippen molar-refractivity contribution in [2.45, 2.75) is 58.0 Å². The molecule has 4 rings (SSSR count). The molecule has 0 radical (unpaired) electrons. The van der Waals surface area contributed by atoms with Crippen LogP contribution in [0, 0.1) is 34.5 Å². The Kier molecular flexibility index (Phi) is 3.82. The Balaban J connectivity index is 1.86. The average molecular weight is 380 g/mol. The number of carbonyl (C=O) groups is 2. The fourth-order valence-corrected chi connectivity index (χ4v) is 7.10. The number of aliphatic hydroxyl groups is 1. The summed E-state index contributed by atoms with van der Waals surface area (Å²) in [5.74, 6) is -3.29. The third-order valence-electron chi connectivity index (χ3n) is 8.23. The molecule has 0 bridgehead atoms. The third kappa shape index (κ3) is 2.11. The first kappa shape index (κ1) is 18.8. The SMILES string of the molecule is CC1C[C@H]2[C@@H]3CC(F)C4=CC(=O)C=C[C@]4(C)C3(F)C(O)C[C@]2(C)C1C(=O)O. The highest BCUT2D eigenvalue weighted by Gasteiger charge is 2.73. The molecular weight excluding hydrogens is 354 g/mol. The smallest absolute Gasteiger partial charge is 0.307 e. The fourth-order valence-electron chi connectivity index (χ4n) is 7.10. The summed E-state index contributed by atoms with van der Waals surface area (Å²) in [5, 5.41) is 20.7. The molecule has 148 valence electrons. The van der Waals surface area contributed by atoms with E-state index in [1.54, 1.807) is 6.92 Å². The van der Waals surface area contributed by atoms with E-state index in [1.807, 2.05) is 13.8 Å². The van der Waals surface area contributed by atoms with Crippen molar-refractivity contribution in [1.29, 1.82) is 0 Å². The maximum absolute atomic E-state index is 16.7. The van der Waals surface area contributed by atoms with Gasteiger partial charge in [-0.3, -0.25) is 9.59 Å². The van der Waals surface area contributed by atoms with Crippen molar-refractivity contribution in [2.24, 2.45) is 34.5 Å². The standard InChI is InChI=1S/C21H26F2O4/c1-10-6-12-13-8-15(22)14-7-11(24)4-5-20(14,3)21(13,23)16(25)9-19(12,2)17(10)18(26)27/h4-5,7,10,12-13,15-17,25H,6,8-9H2,1-3H3,(H,26,27)/t10?,12-,13-,15?,16?,17?,19-,20-,21?/m0/s1. The number of hydrogen-bond donors (Lipinski definition) is 2. The van der Waals surface area contributed by atoms with Gasteiger partial charge in [0.1, 0.15) is 6.17 Å². The molecule has 4 nitrogen and oxygen atoms in total. The molecule has 0 saturated heterocycles. The predicted octanol–water partition coefficient (Wildman–Crippen LogP) is 3.25. The van der Waals surface area contributed by atoms with Crippen LogP contribution in [0.4, 0.5) is 8.78 Å². The lowest BCUT2D eigenvalue weighted by atomic mass is 9.45. The van der Waals surface area contributed by atoms with Crippen molar-refractivity contribution >= 4 is 11.8 Å². The number of aliphatic carboxylic acids is 1. The van der Waals surface area contributed by atoms with Gasteiger partial charge in [-0.2, -0.15) is 0 Å². The number of carboxylic acids is 1. The summed E-state index contributed by atoms with van der Waals surface area (Å²) in [7, 11) is 0. The number of allylic oxidation sites excluding steroid dienone is 4. The molecule has 0 aromatic rings. The maximum Gasteiger partial charge on any atom is 0.307 e. The average Bonchev–Trinajstić information content (AvgIpc) is 2.82. The van der Waals surface area contributed by atoms with Crippen LogP contribution in [-0.2, 0) is 9.59 Å². The molecule has 0 aromatic carbocycles. The van der Waals surface area contributed by atoms with Crippen LogP contribution in [-0.4, -0.2) is 39.9 Å². The van der Waals surface area contributed by atoms with Gasteiger partial charge in [-0.1, -0.05) is 19.9 Å². The lowest BCUT2D eigenvalue weighted by Crippen LogP contribution is -2.68. The lowest BCUT2D eigenvalue weighted by Gasteiger charge is -2.62. The zero-order valence-electron chi connectivity index (χ0n) is 15.8. The molecule has 0 aromatic heterocycles. The molecule has 0 aliphatic heterocycles. The number of hydrogen-bond acceptors (Lipinski definition) is 3. The third-order valence-corrected chi connectivity index (χ3v) is 8.23. The number of fused-ring (bicyclic) bond motifs is 5. The number of ketones is 1. The minimum absolute atomic E-state index is 0.0214. The van der Waals surface area contributed by atoms with Crippen molar-refractivity contribution in [1.82, 2.24) is 0 Å². The van der Waals surface area contributed by atoms with Crippen molar-refractivity contribution in [3.8, 4) is 0 Å². The Morgan fingerprint density at radius 2 is 1.93 bits per heavy atom. The first-order chi connectivity index (χ1) is 12.5. The van der Waals surface area contributed by atoms with Crippen LogP contribution < -0.4 is 0 Å². The van der Waals surface area contributed by atoms with Crippen LogP contribution in [0.25, 0.3) is 0 Å². The molecular formula is C21H26F2O4. The van der Waals surface area contributed by atoms with Crippen LogP contribution >= 0.6 is 0 Å². The Hall–Kier alpha value is -1.56. The summed E-state index contributed by atoms with van der Waals surface area (Å²) >= 11 is 0. The molecule has 9 atom stereocenters. The van der Waals surface area contributed by atoms with E-state index in [0.29, 0.717) is 6.42 Å². The first-order valence-corrected chi connectivity index (χ1v) is 9.66. The lowest BCUT2D eigenvalue weighted by molar-refractivity contribution is -0.204. The molecule has 2 N–H and O–H groups in total. The number of carboxylic acid groups (broad SMARTS) is 1. The highest BCUT2D eigenvalue weighted by Crippen LogP contribution is 2.69. The van der Waals surface area contributed by atoms with Crippen molar-refractivity contribution in [3.63, 3.8) is 0 Å². The van der Waals surface area contributed by atoms with E-state index in [-0.39, 0.29) is 36.0 Å². The summed E-state index contributed by atoms with van der Waals surface area (Å²) in [4.78, 5) is 23.7. The highest BCUT2D eigenvalue weighted by atomic mass is 19.1. The Labute approximate surface area is 157 Å². The molecule has 0 amide bonds. The van der Waals surface area contributed by atoms with Crippen LogP contribution in [0.2, 0.25) is 0 Å². The number of halogens is 2. The summed E-state index contributed by atoms with van der Waals surface area (Å²) in [6.45, 7) is 5.21. The molecule has 4 aliphatic rings. The first-order valence-electron chi connectivity index (χ1n) is 9.66. The van der Waals surface area contributed by atoms with Gasteiger partial charge in [-0.05, 0) is 61.2 Å². The zero-order valence-corrected chi connectivity index (χ0v) is 15.8. The second-order valence-electron chi connectivity index (χ2n) is 9.48. The van der Waals surface area contributed by atoms with Crippen molar-refractivity contribution in [2.75, 3.05) is 0 Å². The van der Waals surface area contributed by atoms with Gasteiger partial charge >= 0.3 is 5.97 Å². The van der Waals surface area contributed by atoms with E-state index in [0.717, 1.165) is 0 Å². The van der Waals surface area contributed by atoms with Gasteiger partial charge in [0.2, 0.25) is 0 Å². The second kappa shape index (κ2) is 5.49. The minimum Gasteiger partial charge on any atom is -0.481 e. The normalized spacial score (nSPS) is 54.0. The topological polar surface area (TPSA) is 74.6 Å². The predicted molar refractivity (Wildman–Crippen MR) is 94.3 cm³/mol. The molecule has 27 heavy (non-hydrogen) atoms. The summed E-state index contributed by atoms with van der Waals surface area (Å²) in [6, 6.07) is 0. The quantitative estimate of drug-likeness (QED) is 0.732. The molecule has 0 spiro atoms. The number of aliphatic hydroxyl groups excluding tert-OH is 1. The summed E-state index contributed by atoms with van der Waals surface area (Å²) in [5.41, 5.74) is -4.22. The van der Waals surface area contributed by atoms with E-state index >= 15 is 8.78 Å². The Bertz CT molecular complexity index is 776. The number of rotatable bonds is 1. The van der Waals surface area contributed by atoms with Crippen LogP contribution in [0.1, 0.15) is 40.0 Å². The van der Waals surface area contributed by atoms with Gasteiger partial charge in [0.25, 0.3) is 0 Å². The van der Waals surface area contributed by atoms with Gasteiger partial charge in [0, 0.05) is 11.3 Å². The van der Waals surface area contributed by atoms with Crippen LogP contribution in [0.15, 0.2) is 23.8 Å². The van der Waals surface area contributed by atoms with E-state index in [1.165, 1.54) is 18.2 Å². The highest BCUT2D eigenvalue weighted by molar-refractivity contribution is 6.01. The van der Waals surface area contributed by atoms with E-state index < -0.39 is 46.6 Å². The van der Waals surface area contributed by atoms with Crippen molar-refractivity contribution in [3.05, 3.63) is 23.8 Å². The van der Waals surface area contributed by atoms with E-state index in [9.17, 15) is 19.8 Å². The molecule has 5 unspecified atom stereocenters. The number of carbonyl (C=O) groups excluding carboxylic acids is 1. The van der Waals surface area contributed by atoms with E-state index in [2.05, 4.69) is 0 Å². The van der Waals surface area contributed by atoms with Crippen molar-refractivity contribution < 1.29 is 28.6 Å². The van der Waals surface area contributed by atoms with Gasteiger partial charge in [-0.25, -0.2) is 8.78 Å². The van der Waals surface area contributed by atoms with Gasteiger partial charge in [0.15, 0.2) is 11.5 Å². The summed E-state index contributed by atoms with van der Waals surface area (Å²) in [6.07, 6.45) is 1.31. The number of alkyl halides is 2. The zero-order chi connectivity index (χ0) is 19.9. The van der Waals surface area contributed by atoms with Gasteiger partial charge in [-0.15, -0.1) is 0 Å².